The van der Waals surface area contributed by atoms with Gasteiger partial charge in [0.25, 0.3) is 5.56 Å². The molecule has 0 unspecified atom stereocenters. The number of hydrogen-bond acceptors (Lipinski definition) is 6. The van der Waals surface area contributed by atoms with Crippen LogP contribution in [0.25, 0.3) is 22.2 Å². The molecule has 4 N–H and O–H groups in total. The Labute approximate surface area is 196 Å². The lowest BCUT2D eigenvalue weighted by atomic mass is 10.0. The van der Waals surface area contributed by atoms with Gasteiger partial charge in [0.15, 0.2) is 11.6 Å². The molecule has 1 aliphatic rings. The SMILES string of the molecule is CC(C)n1c(=O)c(-c2cc(F)c(N)c(F)c2F)cc2cnc(N[C@H]3C[C@H](F)CN(C(=O)O)C3)nc21. The number of benzene rings is 1. The molecule has 4 rings (SSSR count). The molecule has 0 spiro atoms. The van der Waals surface area contributed by atoms with E-state index in [2.05, 4.69) is 15.3 Å². The quantitative estimate of drug-likeness (QED) is 0.288. The lowest BCUT2D eigenvalue weighted by Crippen LogP contribution is -2.49. The van der Waals surface area contributed by atoms with Gasteiger partial charge < -0.3 is 21.1 Å². The summed E-state index contributed by atoms with van der Waals surface area (Å²) in [4.78, 5) is 33.9. The first-order chi connectivity index (χ1) is 16.5. The summed E-state index contributed by atoms with van der Waals surface area (Å²) in [6.45, 7) is 3.12. The molecule has 0 aliphatic carbocycles. The highest BCUT2D eigenvalue weighted by molar-refractivity contribution is 5.82. The Morgan fingerprint density at radius 2 is 1.91 bits per heavy atom. The number of nitrogens with two attached hydrogens (primary N) is 1. The molecular formula is C22H22F4N6O3. The number of likely N-dealkylation sites (tertiary alicyclic amines) is 1. The van der Waals surface area contributed by atoms with Crippen molar-refractivity contribution in [2.75, 3.05) is 24.1 Å². The van der Waals surface area contributed by atoms with Crippen LogP contribution < -0.4 is 16.6 Å². The van der Waals surface area contributed by atoms with Crippen LogP contribution in [0.15, 0.2) is 23.1 Å². The van der Waals surface area contributed by atoms with Crippen molar-refractivity contribution in [1.29, 1.82) is 0 Å². The number of nitrogens with zero attached hydrogens (tertiary/aromatic N) is 4. The Balaban J connectivity index is 1.80. The van der Waals surface area contributed by atoms with Crippen molar-refractivity contribution in [3.63, 3.8) is 0 Å². The maximum atomic E-state index is 14.6. The van der Waals surface area contributed by atoms with Crippen molar-refractivity contribution in [2.45, 2.75) is 38.5 Å². The number of nitrogen functional groups attached to an aromatic ring is 1. The Bertz CT molecular complexity index is 1380. The first kappa shape index (κ1) is 24.2. The number of rotatable bonds is 4. The summed E-state index contributed by atoms with van der Waals surface area (Å²) in [5.41, 5.74) is 2.70. The summed E-state index contributed by atoms with van der Waals surface area (Å²) in [5, 5.41) is 12.3. The van der Waals surface area contributed by atoms with Gasteiger partial charge in [-0.2, -0.15) is 4.98 Å². The number of hydrogen-bond donors (Lipinski definition) is 3. The molecule has 186 valence electrons. The average Bonchev–Trinajstić information content (AvgIpc) is 2.79. The number of amides is 1. The molecule has 2 aromatic heterocycles. The minimum Gasteiger partial charge on any atom is -0.465 e. The Morgan fingerprint density at radius 1 is 1.20 bits per heavy atom. The summed E-state index contributed by atoms with van der Waals surface area (Å²) in [6.07, 6.45) is -1.26. The zero-order valence-corrected chi connectivity index (χ0v) is 18.7. The molecule has 2 atom stereocenters. The second-order valence-corrected chi connectivity index (χ2v) is 8.61. The third kappa shape index (κ3) is 4.45. The van der Waals surface area contributed by atoms with Gasteiger partial charge in [0, 0.05) is 42.2 Å². The van der Waals surface area contributed by atoms with E-state index >= 15 is 0 Å². The van der Waals surface area contributed by atoms with Gasteiger partial charge >= 0.3 is 6.09 Å². The van der Waals surface area contributed by atoms with Crippen LogP contribution in [-0.4, -0.2) is 55.9 Å². The minimum absolute atomic E-state index is 0.0145. The van der Waals surface area contributed by atoms with Crippen LogP contribution >= 0.6 is 0 Å². The second kappa shape index (κ2) is 9.04. The van der Waals surface area contributed by atoms with Crippen molar-refractivity contribution in [1.82, 2.24) is 19.4 Å². The van der Waals surface area contributed by atoms with Crippen molar-refractivity contribution in [3.8, 4) is 11.1 Å². The van der Waals surface area contributed by atoms with Crippen molar-refractivity contribution < 1.29 is 27.5 Å². The molecule has 9 nitrogen and oxygen atoms in total. The number of alkyl halides is 1. The molecule has 3 heterocycles. The van der Waals surface area contributed by atoms with Crippen LogP contribution in [0.4, 0.5) is 34.0 Å². The molecule has 0 radical (unpaired) electrons. The zero-order valence-electron chi connectivity index (χ0n) is 18.7. The fourth-order valence-electron chi connectivity index (χ4n) is 4.15. The van der Waals surface area contributed by atoms with Gasteiger partial charge in [0.1, 0.15) is 23.3 Å². The van der Waals surface area contributed by atoms with Gasteiger partial charge in [-0.05, 0) is 26.0 Å². The van der Waals surface area contributed by atoms with Gasteiger partial charge in [-0.15, -0.1) is 0 Å². The van der Waals surface area contributed by atoms with E-state index in [1.807, 2.05) is 0 Å². The van der Waals surface area contributed by atoms with Crippen LogP contribution in [0.3, 0.4) is 0 Å². The van der Waals surface area contributed by atoms with Crippen LogP contribution in [0.1, 0.15) is 26.3 Å². The molecule has 1 aromatic carbocycles. The van der Waals surface area contributed by atoms with E-state index in [9.17, 15) is 32.3 Å². The van der Waals surface area contributed by atoms with Crippen molar-refractivity contribution in [2.24, 2.45) is 0 Å². The number of fused-ring (bicyclic) bond motifs is 1. The standard InChI is InChI=1S/C22H22F4N6O3/c1-9(2)32-19-10(3-14(20(32)33)13-5-15(24)18(27)17(26)16(13)25)6-28-21(30-19)29-12-4-11(23)7-31(8-12)22(34)35/h3,5-6,9,11-12H,4,7-8,27H2,1-2H3,(H,34,35)(H,28,29,30)/t11-,12-/m0/s1. The van der Waals surface area contributed by atoms with E-state index < -0.39 is 58.6 Å². The summed E-state index contributed by atoms with van der Waals surface area (Å²) in [7, 11) is 0. The largest absolute Gasteiger partial charge is 0.465 e. The summed E-state index contributed by atoms with van der Waals surface area (Å²) < 4.78 is 58.0. The van der Waals surface area contributed by atoms with Gasteiger partial charge in [0.2, 0.25) is 5.95 Å². The Morgan fingerprint density at radius 3 is 2.57 bits per heavy atom. The molecule has 1 aliphatic heterocycles. The molecule has 0 bridgehead atoms. The van der Waals surface area contributed by atoms with E-state index in [0.29, 0.717) is 6.07 Å². The van der Waals surface area contributed by atoms with Crippen LogP contribution in [0.2, 0.25) is 0 Å². The summed E-state index contributed by atoms with van der Waals surface area (Å²) in [6, 6.07) is 0.771. The molecule has 35 heavy (non-hydrogen) atoms. The van der Waals surface area contributed by atoms with Crippen molar-refractivity contribution >= 4 is 28.8 Å². The minimum atomic E-state index is -1.60. The Hall–Kier alpha value is -3.90. The maximum absolute atomic E-state index is 14.6. The Kier molecular flexibility index (Phi) is 6.26. The number of nitrogens with one attached hydrogen (secondary N) is 1. The van der Waals surface area contributed by atoms with Crippen LogP contribution in [0.5, 0.6) is 0 Å². The molecule has 1 saturated heterocycles. The normalized spacial score (nSPS) is 18.3. The highest BCUT2D eigenvalue weighted by Gasteiger charge is 2.30. The summed E-state index contributed by atoms with van der Waals surface area (Å²) in [5.74, 6) is -4.24. The van der Waals surface area contributed by atoms with E-state index in [4.69, 9.17) is 5.73 Å². The van der Waals surface area contributed by atoms with Crippen LogP contribution in [-0.2, 0) is 0 Å². The van der Waals surface area contributed by atoms with E-state index in [1.54, 1.807) is 13.8 Å². The highest BCUT2D eigenvalue weighted by atomic mass is 19.2. The fraction of sp³-hybridized carbons (Fsp3) is 0.364. The number of anilines is 2. The lowest BCUT2D eigenvalue weighted by Gasteiger charge is -2.33. The second-order valence-electron chi connectivity index (χ2n) is 8.61. The highest BCUT2D eigenvalue weighted by Crippen LogP contribution is 2.30. The predicted molar refractivity (Wildman–Crippen MR) is 120 cm³/mol. The first-order valence-electron chi connectivity index (χ1n) is 10.7. The van der Waals surface area contributed by atoms with Gasteiger partial charge in [-0.1, -0.05) is 0 Å². The fourth-order valence-corrected chi connectivity index (χ4v) is 4.15. The van der Waals surface area contributed by atoms with Gasteiger partial charge in [-0.25, -0.2) is 27.3 Å². The number of pyridine rings is 1. The number of carboxylic acid groups (broad SMARTS) is 1. The van der Waals surface area contributed by atoms with E-state index in [1.165, 1.54) is 16.8 Å². The number of halogens is 4. The number of aromatic nitrogens is 3. The molecule has 1 amide bonds. The monoisotopic (exact) mass is 494 g/mol. The molecule has 1 fully saturated rings. The topological polar surface area (TPSA) is 126 Å². The third-order valence-electron chi connectivity index (χ3n) is 5.78. The van der Waals surface area contributed by atoms with Crippen molar-refractivity contribution in [3.05, 3.63) is 46.1 Å². The van der Waals surface area contributed by atoms with E-state index in [-0.39, 0.29) is 42.1 Å². The summed E-state index contributed by atoms with van der Waals surface area (Å²) >= 11 is 0. The van der Waals surface area contributed by atoms with E-state index in [0.717, 1.165) is 4.90 Å². The number of piperidine rings is 1. The van der Waals surface area contributed by atoms with Gasteiger partial charge in [0.05, 0.1) is 12.1 Å². The maximum Gasteiger partial charge on any atom is 0.407 e. The molecule has 13 heteroatoms. The first-order valence-corrected chi connectivity index (χ1v) is 10.7. The average molecular weight is 494 g/mol. The predicted octanol–water partition coefficient (Wildman–Crippen LogP) is 3.54. The smallest absolute Gasteiger partial charge is 0.407 e. The van der Waals surface area contributed by atoms with Crippen LogP contribution in [0, 0.1) is 17.5 Å². The van der Waals surface area contributed by atoms with Gasteiger partial charge in [-0.3, -0.25) is 9.36 Å². The molecular weight excluding hydrogens is 472 g/mol. The zero-order chi connectivity index (χ0) is 25.6. The molecule has 0 saturated carbocycles. The lowest BCUT2D eigenvalue weighted by molar-refractivity contribution is 0.102. The molecule has 3 aromatic rings. The third-order valence-corrected chi connectivity index (χ3v) is 5.78. The number of carbonyl (C=O) groups is 1.